The van der Waals surface area contributed by atoms with Crippen LogP contribution in [0.5, 0.6) is 5.75 Å². The summed E-state index contributed by atoms with van der Waals surface area (Å²) in [6.45, 7) is 3.85. The van der Waals surface area contributed by atoms with Crippen molar-refractivity contribution in [1.82, 2.24) is 5.32 Å². The third-order valence-electron chi connectivity index (χ3n) is 3.55. The molecule has 0 saturated carbocycles. The smallest absolute Gasteiger partial charge is 0.119 e. The molecule has 1 heterocycles. The molecule has 3 rings (SSSR count). The van der Waals surface area contributed by atoms with Crippen molar-refractivity contribution in [1.29, 1.82) is 0 Å². The van der Waals surface area contributed by atoms with Gasteiger partial charge in [0.15, 0.2) is 0 Å². The number of rotatable bonds is 4. The SMILES string of the molecule is CCCOc1ccc(C2NCc3ccccc32)cc1. The molecule has 98 valence electrons. The van der Waals surface area contributed by atoms with Crippen molar-refractivity contribution < 1.29 is 4.74 Å². The highest BCUT2D eigenvalue weighted by Crippen LogP contribution is 2.31. The van der Waals surface area contributed by atoms with Crippen LogP contribution in [0.4, 0.5) is 0 Å². The van der Waals surface area contributed by atoms with E-state index in [9.17, 15) is 0 Å². The summed E-state index contributed by atoms with van der Waals surface area (Å²) in [5, 5.41) is 3.56. The monoisotopic (exact) mass is 253 g/mol. The van der Waals surface area contributed by atoms with E-state index in [4.69, 9.17) is 4.74 Å². The van der Waals surface area contributed by atoms with Crippen molar-refractivity contribution in [3.63, 3.8) is 0 Å². The van der Waals surface area contributed by atoms with Gasteiger partial charge in [-0.2, -0.15) is 0 Å². The summed E-state index contributed by atoms with van der Waals surface area (Å²) < 4.78 is 5.62. The fourth-order valence-corrected chi connectivity index (χ4v) is 2.57. The van der Waals surface area contributed by atoms with Crippen LogP contribution in [0.15, 0.2) is 48.5 Å². The van der Waals surface area contributed by atoms with Crippen LogP contribution in [-0.4, -0.2) is 6.61 Å². The summed E-state index contributed by atoms with van der Waals surface area (Å²) >= 11 is 0. The van der Waals surface area contributed by atoms with Crippen LogP contribution in [-0.2, 0) is 6.54 Å². The molecule has 0 bridgehead atoms. The maximum Gasteiger partial charge on any atom is 0.119 e. The first-order chi connectivity index (χ1) is 9.38. The lowest BCUT2D eigenvalue weighted by Crippen LogP contribution is -2.13. The van der Waals surface area contributed by atoms with Gasteiger partial charge in [-0.1, -0.05) is 43.3 Å². The normalized spacial score (nSPS) is 17.2. The zero-order valence-electron chi connectivity index (χ0n) is 11.2. The number of fused-ring (bicyclic) bond motifs is 1. The lowest BCUT2D eigenvalue weighted by atomic mass is 9.98. The molecule has 0 radical (unpaired) electrons. The van der Waals surface area contributed by atoms with Crippen LogP contribution in [0.3, 0.4) is 0 Å². The molecule has 1 atom stereocenters. The third kappa shape index (κ3) is 2.49. The summed E-state index contributed by atoms with van der Waals surface area (Å²) in [6.07, 6.45) is 1.04. The number of ether oxygens (including phenoxy) is 1. The molecule has 0 saturated heterocycles. The quantitative estimate of drug-likeness (QED) is 0.897. The van der Waals surface area contributed by atoms with Crippen molar-refractivity contribution >= 4 is 0 Å². The van der Waals surface area contributed by atoms with E-state index in [2.05, 4.69) is 60.8 Å². The highest BCUT2D eigenvalue weighted by molar-refractivity contribution is 5.42. The Morgan fingerprint density at radius 3 is 2.68 bits per heavy atom. The highest BCUT2D eigenvalue weighted by atomic mass is 16.5. The van der Waals surface area contributed by atoms with Gasteiger partial charge in [0.25, 0.3) is 0 Å². The topological polar surface area (TPSA) is 21.3 Å². The molecule has 0 amide bonds. The molecule has 19 heavy (non-hydrogen) atoms. The van der Waals surface area contributed by atoms with Gasteiger partial charge in [0.05, 0.1) is 12.6 Å². The van der Waals surface area contributed by atoms with Gasteiger partial charge in [0, 0.05) is 6.54 Å². The van der Waals surface area contributed by atoms with E-state index in [1.807, 2.05) is 0 Å². The second-order valence-corrected chi connectivity index (χ2v) is 4.93. The Balaban J connectivity index is 1.80. The first-order valence-corrected chi connectivity index (χ1v) is 6.92. The Morgan fingerprint density at radius 1 is 1.11 bits per heavy atom. The zero-order valence-corrected chi connectivity index (χ0v) is 11.2. The molecule has 0 aliphatic carbocycles. The standard InChI is InChI=1S/C17H19NO/c1-2-11-19-15-9-7-13(8-10-15)17-16-6-4-3-5-14(16)12-18-17/h3-10,17-18H,2,11-12H2,1H3. The van der Waals surface area contributed by atoms with Crippen molar-refractivity contribution in [2.75, 3.05) is 6.61 Å². The van der Waals surface area contributed by atoms with E-state index >= 15 is 0 Å². The Labute approximate surface area is 114 Å². The van der Waals surface area contributed by atoms with Crippen LogP contribution < -0.4 is 10.1 Å². The number of nitrogens with one attached hydrogen (secondary N) is 1. The Bertz CT molecular complexity index is 547. The predicted octanol–water partition coefficient (Wildman–Crippen LogP) is 3.67. The van der Waals surface area contributed by atoms with Crippen molar-refractivity contribution in [3.8, 4) is 5.75 Å². The summed E-state index contributed by atoms with van der Waals surface area (Å²) in [5.41, 5.74) is 4.09. The van der Waals surface area contributed by atoms with E-state index in [1.54, 1.807) is 0 Å². The van der Waals surface area contributed by atoms with E-state index in [0.717, 1.165) is 25.3 Å². The zero-order chi connectivity index (χ0) is 13.1. The first kappa shape index (κ1) is 12.2. The Kier molecular flexibility index (Phi) is 3.51. The average molecular weight is 253 g/mol. The fourth-order valence-electron chi connectivity index (χ4n) is 2.57. The third-order valence-corrected chi connectivity index (χ3v) is 3.55. The molecular formula is C17H19NO. The van der Waals surface area contributed by atoms with Crippen LogP contribution >= 0.6 is 0 Å². The molecular weight excluding hydrogens is 234 g/mol. The molecule has 1 aliphatic rings. The number of hydrogen-bond donors (Lipinski definition) is 1. The summed E-state index contributed by atoms with van der Waals surface area (Å²) in [6, 6.07) is 17.4. The maximum absolute atomic E-state index is 5.62. The second kappa shape index (κ2) is 5.45. The van der Waals surface area contributed by atoms with Gasteiger partial charge < -0.3 is 10.1 Å². The van der Waals surface area contributed by atoms with Gasteiger partial charge in [0.1, 0.15) is 5.75 Å². The minimum atomic E-state index is 0.316. The molecule has 1 aliphatic heterocycles. The molecule has 0 spiro atoms. The minimum absolute atomic E-state index is 0.316. The Morgan fingerprint density at radius 2 is 1.89 bits per heavy atom. The van der Waals surface area contributed by atoms with Crippen molar-refractivity contribution in [2.45, 2.75) is 25.9 Å². The molecule has 2 heteroatoms. The van der Waals surface area contributed by atoms with Gasteiger partial charge in [-0.05, 0) is 35.2 Å². The average Bonchev–Trinajstić information content (AvgIpc) is 2.90. The molecule has 2 aromatic carbocycles. The van der Waals surface area contributed by atoms with Crippen LogP contribution in [0, 0.1) is 0 Å². The molecule has 2 aromatic rings. The van der Waals surface area contributed by atoms with E-state index < -0.39 is 0 Å². The van der Waals surface area contributed by atoms with E-state index in [1.165, 1.54) is 16.7 Å². The maximum atomic E-state index is 5.62. The lowest BCUT2D eigenvalue weighted by molar-refractivity contribution is 0.317. The molecule has 0 aromatic heterocycles. The van der Waals surface area contributed by atoms with Crippen LogP contribution in [0.1, 0.15) is 36.1 Å². The van der Waals surface area contributed by atoms with E-state index in [0.29, 0.717) is 6.04 Å². The van der Waals surface area contributed by atoms with Crippen molar-refractivity contribution in [2.24, 2.45) is 0 Å². The molecule has 0 fully saturated rings. The largest absolute Gasteiger partial charge is 0.494 e. The highest BCUT2D eigenvalue weighted by Gasteiger charge is 2.22. The van der Waals surface area contributed by atoms with Gasteiger partial charge in [-0.3, -0.25) is 0 Å². The molecule has 1 N–H and O–H groups in total. The molecule has 2 nitrogen and oxygen atoms in total. The lowest BCUT2D eigenvalue weighted by Gasteiger charge is -2.13. The number of benzene rings is 2. The second-order valence-electron chi connectivity index (χ2n) is 4.93. The van der Waals surface area contributed by atoms with Crippen LogP contribution in [0.2, 0.25) is 0 Å². The van der Waals surface area contributed by atoms with E-state index in [-0.39, 0.29) is 0 Å². The summed E-state index contributed by atoms with van der Waals surface area (Å²) in [5.74, 6) is 0.955. The van der Waals surface area contributed by atoms with Gasteiger partial charge in [-0.25, -0.2) is 0 Å². The molecule has 1 unspecified atom stereocenters. The minimum Gasteiger partial charge on any atom is -0.494 e. The van der Waals surface area contributed by atoms with Gasteiger partial charge in [-0.15, -0.1) is 0 Å². The van der Waals surface area contributed by atoms with Crippen LogP contribution in [0.25, 0.3) is 0 Å². The van der Waals surface area contributed by atoms with Gasteiger partial charge in [0.2, 0.25) is 0 Å². The Hall–Kier alpha value is -1.80. The van der Waals surface area contributed by atoms with Gasteiger partial charge >= 0.3 is 0 Å². The summed E-state index contributed by atoms with van der Waals surface area (Å²) in [4.78, 5) is 0. The van der Waals surface area contributed by atoms with Crippen molar-refractivity contribution in [3.05, 3.63) is 65.2 Å². The number of hydrogen-bond acceptors (Lipinski definition) is 2. The fraction of sp³-hybridized carbons (Fsp3) is 0.294. The first-order valence-electron chi connectivity index (χ1n) is 6.92. The predicted molar refractivity (Wildman–Crippen MR) is 77.4 cm³/mol. The summed E-state index contributed by atoms with van der Waals surface area (Å²) in [7, 11) is 0.